The van der Waals surface area contributed by atoms with E-state index in [0.717, 1.165) is 12.2 Å². The van der Waals surface area contributed by atoms with Crippen molar-refractivity contribution >= 4 is 38.7 Å². The first-order valence-corrected chi connectivity index (χ1v) is 12.2. The van der Waals surface area contributed by atoms with Crippen LogP contribution in [0, 0.1) is 6.92 Å². The molecule has 5 heterocycles. The highest BCUT2D eigenvalue weighted by molar-refractivity contribution is 7.16. The summed E-state index contributed by atoms with van der Waals surface area (Å²) >= 11 is 1.39. The van der Waals surface area contributed by atoms with Crippen LogP contribution in [-0.4, -0.2) is 56.1 Å². The van der Waals surface area contributed by atoms with Gasteiger partial charge in [-0.05, 0) is 68.9 Å². The number of para-hydroxylation sites is 1. The molecule has 8 nitrogen and oxygen atoms in total. The van der Waals surface area contributed by atoms with Crippen molar-refractivity contribution in [3.8, 4) is 5.95 Å². The summed E-state index contributed by atoms with van der Waals surface area (Å²) in [6.07, 6.45) is 6.96. The van der Waals surface area contributed by atoms with Crippen LogP contribution < -0.4 is 5.56 Å². The third-order valence-electron chi connectivity index (χ3n) is 6.48. The van der Waals surface area contributed by atoms with Crippen molar-refractivity contribution in [2.45, 2.75) is 25.7 Å². The van der Waals surface area contributed by atoms with Crippen LogP contribution in [0.15, 0.2) is 52.9 Å². The minimum absolute atomic E-state index is 0.209. The number of H-pyrrole nitrogens is 2. The molecule has 4 aromatic heterocycles. The van der Waals surface area contributed by atoms with E-state index in [1.807, 2.05) is 5.38 Å². The predicted molar refractivity (Wildman–Crippen MR) is 135 cm³/mol. The Labute approximate surface area is 200 Å². The first-order chi connectivity index (χ1) is 16.5. The molecule has 2 N–H and O–H groups in total. The van der Waals surface area contributed by atoms with Crippen LogP contribution in [0.3, 0.4) is 0 Å². The SMILES string of the molecule is CN1CCC(c2c[nH]c3ccccc23)CC1.Cc1c(C=O)cnn1-c1nc2sccc2c(=O)[nH]1. The van der Waals surface area contributed by atoms with Crippen molar-refractivity contribution in [1.82, 2.24) is 29.6 Å². The zero-order valence-electron chi connectivity index (χ0n) is 19.1. The summed E-state index contributed by atoms with van der Waals surface area (Å²) in [5.41, 5.74) is 3.70. The summed E-state index contributed by atoms with van der Waals surface area (Å²) in [6.45, 7) is 4.20. The molecule has 0 saturated carbocycles. The lowest BCUT2D eigenvalue weighted by Crippen LogP contribution is -2.29. The number of benzene rings is 1. The summed E-state index contributed by atoms with van der Waals surface area (Å²) in [6, 6.07) is 10.3. The monoisotopic (exact) mass is 474 g/mol. The average Bonchev–Trinajstić information content (AvgIpc) is 3.58. The van der Waals surface area contributed by atoms with Crippen LogP contribution >= 0.6 is 11.3 Å². The fraction of sp³-hybridized carbons (Fsp3) is 0.280. The molecule has 34 heavy (non-hydrogen) atoms. The number of piperidine rings is 1. The summed E-state index contributed by atoms with van der Waals surface area (Å²) in [5, 5.41) is 7.83. The molecule has 0 aliphatic carbocycles. The first kappa shape index (κ1) is 22.2. The van der Waals surface area contributed by atoms with Gasteiger partial charge in [-0.2, -0.15) is 5.10 Å². The number of aldehydes is 1. The van der Waals surface area contributed by atoms with Crippen molar-refractivity contribution < 1.29 is 4.79 Å². The standard InChI is InChI=1S/C14H18N2.C11H8N4O2S/c1-16-8-6-11(7-9-16)13-10-15-14-5-3-2-4-12(13)14;1-6-7(5-16)4-12-15(6)11-13-9(17)8-2-3-18-10(8)14-11/h2-5,10-11,15H,6-9H2,1H3;2-5H,1H3,(H,13,14,17). The lowest BCUT2D eigenvalue weighted by molar-refractivity contribution is 0.112. The highest BCUT2D eigenvalue weighted by atomic mass is 32.1. The maximum Gasteiger partial charge on any atom is 0.261 e. The second-order valence-electron chi connectivity index (χ2n) is 8.61. The van der Waals surface area contributed by atoms with E-state index in [0.29, 0.717) is 27.4 Å². The van der Waals surface area contributed by atoms with Gasteiger partial charge >= 0.3 is 0 Å². The molecule has 0 bridgehead atoms. The van der Waals surface area contributed by atoms with Gasteiger partial charge in [0, 0.05) is 17.1 Å². The molecule has 174 valence electrons. The topological polar surface area (TPSA) is 99.7 Å². The fourth-order valence-corrected chi connectivity index (χ4v) is 5.22. The van der Waals surface area contributed by atoms with Crippen LogP contribution in [-0.2, 0) is 0 Å². The van der Waals surface area contributed by atoms with E-state index in [1.54, 1.807) is 13.0 Å². The van der Waals surface area contributed by atoms with Gasteiger partial charge in [-0.1, -0.05) is 18.2 Å². The summed E-state index contributed by atoms with van der Waals surface area (Å²) in [4.78, 5) is 36.0. The van der Waals surface area contributed by atoms with E-state index in [1.165, 1.54) is 64.6 Å². The number of likely N-dealkylation sites (tertiary alicyclic amines) is 1. The van der Waals surface area contributed by atoms with Gasteiger partial charge in [0.05, 0.1) is 22.8 Å². The molecule has 0 radical (unpaired) electrons. The minimum Gasteiger partial charge on any atom is -0.361 e. The highest BCUT2D eigenvalue weighted by Gasteiger charge is 2.20. The van der Waals surface area contributed by atoms with Gasteiger partial charge in [-0.15, -0.1) is 11.3 Å². The van der Waals surface area contributed by atoms with Gasteiger partial charge in [0.15, 0.2) is 6.29 Å². The van der Waals surface area contributed by atoms with E-state index < -0.39 is 0 Å². The average molecular weight is 475 g/mol. The predicted octanol–water partition coefficient (Wildman–Crippen LogP) is 4.27. The van der Waals surface area contributed by atoms with Gasteiger partial charge in [0.25, 0.3) is 5.56 Å². The molecule has 5 aromatic rings. The summed E-state index contributed by atoms with van der Waals surface area (Å²) < 4.78 is 1.45. The van der Waals surface area contributed by atoms with Crippen molar-refractivity contribution in [2.75, 3.05) is 20.1 Å². The van der Waals surface area contributed by atoms with Gasteiger partial charge in [-0.3, -0.25) is 14.6 Å². The van der Waals surface area contributed by atoms with E-state index >= 15 is 0 Å². The number of aromatic amines is 2. The van der Waals surface area contributed by atoms with E-state index in [4.69, 9.17) is 0 Å². The number of hydrogen-bond acceptors (Lipinski definition) is 6. The number of aromatic nitrogens is 5. The lowest BCUT2D eigenvalue weighted by Gasteiger charge is -2.28. The Balaban J connectivity index is 0.000000142. The quantitative estimate of drug-likeness (QED) is 0.381. The Morgan fingerprint density at radius 2 is 1.94 bits per heavy atom. The van der Waals surface area contributed by atoms with Crippen LogP contribution in [0.25, 0.3) is 27.1 Å². The molecule has 1 aliphatic heterocycles. The van der Waals surface area contributed by atoms with Gasteiger partial charge in [-0.25, -0.2) is 9.67 Å². The molecule has 0 spiro atoms. The maximum absolute atomic E-state index is 11.8. The molecule has 0 atom stereocenters. The zero-order valence-corrected chi connectivity index (χ0v) is 19.9. The van der Waals surface area contributed by atoms with Crippen LogP contribution in [0.1, 0.15) is 40.4 Å². The summed E-state index contributed by atoms with van der Waals surface area (Å²) in [7, 11) is 2.21. The van der Waals surface area contributed by atoms with E-state index in [2.05, 4.69) is 62.5 Å². The number of rotatable bonds is 3. The van der Waals surface area contributed by atoms with Crippen LogP contribution in [0.2, 0.25) is 0 Å². The maximum atomic E-state index is 11.8. The largest absolute Gasteiger partial charge is 0.361 e. The van der Waals surface area contributed by atoms with Crippen molar-refractivity contribution in [1.29, 1.82) is 0 Å². The number of hydrogen-bond donors (Lipinski definition) is 2. The molecular formula is C25H26N6O2S. The molecular weight excluding hydrogens is 448 g/mol. The van der Waals surface area contributed by atoms with Crippen LogP contribution in [0.4, 0.5) is 0 Å². The van der Waals surface area contributed by atoms with Gasteiger partial charge < -0.3 is 9.88 Å². The Morgan fingerprint density at radius 1 is 1.15 bits per heavy atom. The third-order valence-corrected chi connectivity index (χ3v) is 7.28. The molecule has 0 amide bonds. The molecule has 9 heteroatoms. The van der Waals surface area contributed by atoms with Gasteiger partial charge in [0.1, 0.15) is 4.83 Å². The number of nitrogens with zero attached hydrogens (tertiary/aromatic N) is 4. The summed E-state index contributed by atoms with van der Waals surface area (Å²) in [5.74, 6) is 1.06. The minimum atomic E-state index is -0.209. The number of nitrogens with one attached hydrogen (secondary N) is 2. The normalized spacial score (nSPS) is 14.9. The van der Waals surface area contributed by atoms with Crippen LogP contribution in [0.5, 0.6) is 0 Å². The number of carbonyl (C=O) groups is 1. The molecule has 1 aromatic carbocycles. The Hall–Kier alpha value is -3.56. The van der Waals surface area contributed by atoms with Crippen molar-refractivity contribution in [3.63, 3.8) is 0 Å². The highest BCUT2D eigenvalue weighted by Crippen LogP contribution is 2.32. The molecule has 1 aliphatic rings. The fourth-order valence-electron chi connectivity index (χ4n) is 4.46. The number of carbonyl (C=O) groups excluding carboxylic acids is 1. The van der Waals surface area contributed by atoms with Crippen molar-refractivity contribution in [3.05, 3.63) is 75.3 Å². The second kappa shape index (κ2) is 9.36. The van der Waals surface area contributed by atoms with Gasteiger partial charge in [0.2, 0.25) is 5.95 Å². The third kappa shape index (κ3) is 4.20. The Kier molecular flexibility index (Phi) is 6.12. The van der Waals surface area contributed by atoms with E-state index in [9.17, 15) is 9.59 Å². The molecule has 1 saturated heterocycles. The molecule has 6 rings (SSSR count). The Bertz CT molecular complexity index is 1500. The van der Waals surface area contributed by atoms with Crippen molar-refractivity contribution in [2.24, 2.45) is 0 Å². The smallest absolute Gasteiger partial charge is 0.261 e. The number of fused-ring (bicyclic) bond motifs is 2. The number of thiophene rings is 1. The second-order valence-corrected chi connectivity index (χ2v) is 9.51. The Morgan fingerprint density at radius 3 is 2.71 bits per heavy atom. The zero-order chi connectivity index (χ0) is 23.7. The van der Waals surface area contributed by atoms with E-state index in [-0.39, 0.29) is 5.56 Å². The first-order valence-electron chi connectivity index (χ1n) is 11.3. The molecule has 1 fully saturated rings. The lowest BCUT2D eigenvalue weighted by atomic mass is 9.89. The molecule has 0 unspecified atom stereocenters.